The van der Waals surface area contributed by atoms with Crippen LogP contribution in [0.3, 0.4) is 0 Å². The number of aryl methyl sites for hydroxylation is 2. The molecule has 0 unspecified atom stereocenters. The number of fused-ring (bicyclic) bond motifs is 6. The molecule has 6 nitrogen and oxygen atoms in total. The minimum atomic E-state index is 0.471. The van der Waals surface area contributed by atoms with Crippen molar-refractivity contribution in [3.05, 3.63) is 131 Å². The first-order chi connectivity index (χ1) is 23.6. The van der Waals surface area contributed by atoms with E-state index in [4.69, 9.17) is 18.5 Å². The van der Waals surface area contributed by atoms with Crippen molar-refractivity contribution in [2.24, 2.45) is 0 Å². The van der Waals surface area contributed by atoms with E-state index in [1.807, 2.05) is 48.6 Å². The Morgan fingerprint density at radius 1 is 0.583 bits per heavy atom. The minimum absolute atomic E-state index is 0.471. The topological polar surface area (TPSA) is 70.5 Å². The molecule has 2 aromatic heterocycles. The summed E-state index contributed by atoms with van der Waals surface area (Å²) in [6, 6.07) is 29.1. The Morgan fingerprint density at radius 2 is 1.08 bits per heavy atom. The first kappa shape index (κ1) is 31.0. The van der Waals surface area contributed by atoms with Crippen LogP contribution in [0.4, 0.5) is 0 Å². The van der Waals surface area contributed by atoms with E-state index in [1.54, 1.807) is 0 Å². The lowest BCUT2D eigenvalue weighted by Gasteiger charge is -2.17. The van der Waals surface area contributed by atoms with Gasteiger partial charge in [-0.05, 0) is 59.4 Å². The van der Waals surface area contributed by atoms with E-state index in [-0.39, 0.29) is 0 Å². The SMILES string of the molecule is C=Cc1ccc2c(c1)OCc1c(-c3ccc(CCC)cc3)noc1-2.C=Cc1ccc2c(c1)OCc1c-2noc1-c1ccc(CCC)cc1. The maximum atomic E-state index is 5.93. The molecule has 2 aliphatic heterocycles. The average Bonchev–Trinajstić information content (AvgIpc) is 3.78. The zero-order valence-electron chi connectivity index (χ0n) is 27.4. The lowest BCUT2D eigenvalue weighted by Crippen LogP contribution is -2.05. The molecule has 48 heavy (non-hydrogen) atoms. The number of nitrogens with zero attached hydrogens (tertiary/aromatic N) is 2. The predicted molar refractivity (Wildman–Crippen MR) is 192 cm³/mol. The van der Waals surface area contributed by atoms with Crippen LogP contribution in [0.5, 0.6) is 11.5 Å². The number of hydrogen-bond acceptors (Lipinski definition) is 6. The van der Waals surface area contributed by atoms with Gasteiger partial charge in [-0.15, -0.1) is 0 Å². The van der Waals surface area contributed by atoms with Crippen molar-refractivity contribution in [2.75, 3.05) is 0 Å². The highest BCUT2D eigenvalue weighted by atomic mass is 16.5. The summed E-state index contributed by atoms with van der Waals surface area (Å²) in [5, 5.41) is 8.62. The van der Waals surface area contributed by atoms with E-state index in [0.29, 0.717) is 13.2 Å². The summed E-state index contributed by atoms with van der Waals surface area (Å²) < 4.78 is 23.2. The lowest BCUT2D eigenvalue weighted by molar-refractivity contribution is 0.297. The Balaban J connectivity index is 0.000000152. The molecule has 4 aromatic carbocycles. The van der Waals surface area contributed by atoms with Crippen LogP contribution < -0.4 is 9.47 Å². The van der Waals surface area contributed by atoms with Crippen molar-refractivity contribution in [2.45, 2.75) is 52.7 Å². The van der Waals surface area contributed by atoms with Crippen LogP contribution in [0.1, 0.15) is 60.1 Å². The summed E-state index contributed by atoms with van der Waals surface area (Å²) >= 11 is 0. The maximum Gasteiger partial charge on any atom is 0.177 e. The summed E-state index contributed by atoms with van der Waals surface area (Å²) in [5.41, 5.74) is 12.5. The molecule has 6 heteroatoms. The van der Waals surface area contributed by atoms with E-state index in [0.717, 1.165) is 105 Å². The van der Waals surface area contributed by atoms with E-state index >= 15 is 0 Å². The Labute approximate surface area is 281 Å². The van der Waals surface area contributed by atoms with Crippen molar-refractivity contribution in [1.29, 1.82) is 0 Å². The number of ether oxygens (including phenoxy) is 2. The van der Waals surface area contributed by atoms with Crippen LogP contribution in [-0.2, 0) is 26.1 Å². The first-order valence-electron chi connectivity index (χ1n) is 16.5. The molecule has 0 fully saturated rings. The third kappa shape index (κ3) is 5.97. The van der Waals surface area contributed by atoms with Crippen molar-refractivity contribution in [3.8, 4) is 56.7 Å². The molecule has 8 rings (SSSR count). The summed E-state index contributed by atoms with van der Waals surface area (Å²) in [6.45, 7) is 12.9. The molecular weight excluding hydrogens is 596 g/mol. The van der Waals surface area contributed by atoms with Crippen LogP contribution >= 0.6 is 0 Å². The fourth-order valence-corrected chi connectivity index (χ4v) is 6.25. The zero-order valence-corrected chi connectivity index (χ0v) is 27.4. The lowest BCUT2D eigenvalue weighted by atomic mass is 9.98. The van der Waals surface area contributed by atoms with Gasteiger partial charge in [-0.1, -0.05) is 123 Å². The van der Waals surface area contributed by atoms with Gasteiger partial charge in [-0.25, -0.2) is 0 Å². The standard InChI is InChI=1S/2C21H19NO2/c1-3-5-15-6-9-16(10-7-15)21-18-13-23-19-12-14(4-2)8-11-17(19)20(18)22-24-21;1-3-5-15-6-9-16(10-7-15)20-18-13-23-19-12-14(4-2)8-11-17(19)21(18)24-22-20/h2*4,6-12H,2-3,5,13H2,1H3. The van der Waals surface area contributed by atoms with Gasteiger partial charge in [0, 0.05) is 16.7 Å². The van der Waals surface area contributed by atoms with Crippen molar-refractivity contribution in [3.63, 3.8) is 0 Å². The summed E-state index contributed by atoms with van der Waals surface area (Å²) in [7, 11) is 0. The van der Waals surface area contributed by atoms with Gasteiger partial charge in [-0.2, -0.15) is 0 Å². The van der Waals surface area contributed by atoms with E-state index < -0.39 is 0 Å². The first-order valence-corrected chi connectivity index (χ1v) is 16.5. The zero-order chi connectivity index (χ0) is 33.0. The third-order valence-corrected chi connectivity index (χ3v) is 8.82. The highest BCUT2D eigenvalue weighted by molar-refractivity contribution is 5.80. The molecule has 2 aliphatic rings. The molecule has 0 aliphatic carbocycles. The second kappa shape index (κ2) is 13.6. The van der Waals surface area contributed by atoms with Crippen LogP contribution in [0, 0.1) is 0 Å². The van der Waals surface area contributed by atoms with Gasteiger partial charge in [0.2, 0.25) is 0 Å². The second-order valence-electron chi connectivity index (χ2n) is 12.1. The van der Waals surface area contributed by atoms with Crippen LogP contribution in [0.15, 0.2) is 107 Å². The van der Waals surface area contributed by atoms with Crippen molar-refractivity contribution < 1.29 is 18.5 Å². The Morgan fingerprint density at radius 3 is 1.67 bits per heavy atom. The van der Waals surface area contributed by atoms with Crippen LogP contribution in [-0.4, -0.2) is 10.3 Å². The molecule has 0 radical (unpaired) electrons. The van der Waals surface area contributed by atoms with Gasteiger partial charge in [-0.3, -0.25) is 0 Å². The second-order valence-corrected chi connectivity index (χ2v) is 12.1. The van der Waals surface area contributed by atoms with Gasteiger partial charge < -0.3 is 18.5 Å². The Bertz CT molecular complexity index is 1930. The summed E-state index contributed by atoms with van der Waals surface area (Å²) in [5.74, 6) is 3.25. The fraction of sp³-hybridized carbons (Fsp3) is 0.190. The van der Waals surface area contributed by atoms with E-state index in [9.17, 15) is 0 Å². The Hall–Kier alpha value is -5.62. The summed E-state index contributed by atoms with van der Waals surface area (Å²) in [6.07, 6.45) is 8.11. The van der Waals surface area contributed by atoms with Gasteiger partial charge in [0.25, 0.3) is 0 Å². The number of aromatic nitrogens is 2. The van der Waals surface area contributed by atoms with Gasteiger partial charge in [0.1, 0.15) is 36.1 Å². The number of benzene rings is 4. The average molecular weight is 635 g/mol. The van der Waals surface area contributed by atoms with E-state index in [1.165, 1.54) is 11.1 Å². The van der Waals surface area contributed by atoms with Crippen molar-refractivity contribution in [1.82, 2.24) is 10.3 Å². The van der Waals surface area contributed by atoms with Gasteiger partial charge >= 0.3 is 0 Å². The van der Waals surface area contributed by atoms with Gasteiger partial charge in [0.05, 0.1) is 16.7 Å². The molecule has 0 atom stereocenters. The molecule has 0 bridgehead atoms. The molecule has 240 valence electrons. The molecular formula is C42H38N2O4. The highest BCUT2D eigenvalue weighted by Crippen LogP contribution is 2.43. The minimum Gasteiger partial charge on any atom is -0.488 e. The molecule has 0 amide bonds. The third-order valence-electron chi connectivity index (χ3n) is 8.82. The molecule has 6 aromatic rings. The predicted octanol–water partition coefficient (Wildman–Crippen LogP) is 11.0. The van der Waals surface area contributed by atoms with Crippen molar-refractivity contribution >= 4 is 12.2 Å². The molecule has 0 spiro atoms. The number of rotatable bonds is 8. The highest BCUT2D eigenvalue weighted by Gasteiger charge is 2.27. The fourth-order valence-electron chi connectivity index (χ4n) is 6.25. The Kier molecular flexibility index (Phi) is 8.80. The van der Waals surface area contributed by atoms with Crippen LogP contribution in [0.25, 0.3) is 57.3 Å². The quantitative estimate of drug-likeness (QED) is 0.166. The molecule has 0 saturated carbocycles. The largest absolute Gasteiger partial charge is 0.488 e. The monoisotopic (exact) mass is 634 g/mol. The molecule has 0 saturated heterocycles. The van der Waals surface area contributed by atoms with Gasteiger partial charge in [0.15, 0.2) is 11.5 Å². The maximum absolute atomic E-state index is 5.93. The summed E-state index contributed by atoms with van der Waals surface area (Å²) in [4.78, 5) is 0. The smallest absolute Gasteiger partial charge is 0.177 e. The number of hydrogen-bond donors (Lipinski definition) is 0. The van der Waals surface area contributed by atoms with E-state index in [2.05, 4.69) is 85.8 Å². The molecule has 0 N–H and O–H groups in total. The normalized spacial score (nSPS) is 12.2. The van der Waals surface area contributed by atoms with Crippen LogP contribution in [0.2, 0.25) is 0 Å². The molecule has 4 heterocycles.